The van der Waals surface area contributed by atoms with Crippen LogP contribution in [0.25, 0.3) is 22.5 Å². The number of alkyl halides is 3. The lowest BCUT2D eigenvalue weighted by molar-refractivity contribution is -0.138. The van der Waals surface area contributed by atoms with Gasteiger partial charge >= 0.3 is 6.18 Å². The Bertz CT molecular complexity index is 1930. The van der Waals surface area contributed by atoms with Crippen molar-refractivity contribution in [2.45, 2.75) is 38.7 Å². The fourth-order valence-corrected chi connectivity index (χ4v) is 5.95. The summed E-state index contributed by atoms with van der Waals surface area (Å²) < 4.78 is 50.7. The van der Waals surface area contributed by atoms with Crippen LogP contribution >= 0.6 is 0 Å². The molecule has 6 rings (SSSR count). The molecular weight excluding hydrogens is 611 g/mol. The van der Waals surface area contributed by atoms with Gasteiger partial charge in [-0.25, -0.2) is 4.98 Å². The Labute approximate surface area is 268 Å². The highest BCUT2D eigenvalue weighted by molar-refractivity contribution is 6.10. The first kappa shape index (κ1) is 31.7. The van der Waals surface area contributed by atoms with Gasteiger partial charge in [0.2, 0.25) is 0 Å². The number of aromatic nitrogens is 4. The molecule has 4 heterocycles. The van der Waals surface area contributed by atoms with E-state index >= 15 is 0 Å². The Morgan fingerprint density at radius 1 is 1.11 bits per heavy atom. The molecule has 1 N–H and O–H groups in total. The van der Waals surface area contributed by atoms with Gasteiger partial charge in [-0.2, -0.15) is 23.7 Å². The number of amides is 1. The molecule has 0 spiro atoms. The summed E-state index contributed by atoms with van der Waals surface area (Å²) >= 11 is 0. The van der Waals surface area contributed by atoms with E-state index in [2.05, 4.69) is 32.6 Å². The van der Waals surface area contributed by atoms with Crippen molar-refractivity contribution in [1.29, 1.82) is 10.5 Å². The Morgan fingerprint density at radius 2 is 1.94 bits per heavy atom. The second kappa shape index (κ2) is 12.8. The summed E-state index contributed by atoms with van der Waals surface area (Å²) in [5.41, 5.74) is 1.53. The van der Waals surface area contributed by atoms with Crippen molar-refractivity contribution in [3.8, 4) is 34.7 Å². The van der Waals surface area contributed by atoms with Crippen molar-refractivity contribution in [2.24, 2.45) is 7.05 Å². The number of pyridine rings is 1. The van der Waals surface area contributed by atoms with Crippen molar-refractivity contribution in [3.05, 3.63) is 76.6 Å². The first-order chi connectivity index (χ1) is 22.6. The third-order valence-corrected chi connectivity index (χ3v) is 8.34. The molecule has 0 radical (unpaired) electrons. The van der Waals surface area contributed by atoms with Crippen LogP contribution in [0.4, 0.5) is 24.8 Å². The fraction of sp³-hybridized carbons (Fsp3) is 0.333. The largest absolute Gasteiger partial charge is 0.416 e. The van der Waals surface area contributed by atoms with Crippen LogP contribution in [0.3, 0.4) is 0 Å². The predicted molar refractivity (Wildman–Crippen MR) is 166 cm³/mol. The molecule has 1 amide bonds. The van der Waals surface area contributed by atoms with Gasteiger partial charge in [-0.05, 0) is 71.6 Å². The Kier molecular flexibility index (Phi) is 8.64. The number of hydrogen-bond acceptors (Lipinski definition) is 9. The number of hydrogen-bond donors (Lipinski definition) is 1. The number of nitrogens with one attached hydrogen (secondary N) is 1. The maximum Gasteiger partial charge on any atom is 0.416 e. The number of carbonyl (C=O) groups is 1. The highest BCUT2D eigenvalue weighted by Crippen LogP contribution is 2.41. The summed E-state index contributed by atoms with van der Waals surface area (Å²) in [6.07, 6.45) is -2.98. The summed E-state index contributed by atoms with van der Waals surface area (Å²) in [4.78, 5) is 21.8. The Hall–Kier alpha value is -5.31. The normalized spacial score (nSPS) is 16.5. The molecule has 0 bridgehead atoms. The average molecular weight is 642 g/mol. The number of halogens is 3. The molecule has 0 aliphatic carbocycles. The lowest BCUT2D eigenvalue weighted by Crippen LogP contribution is -2.43. The Morgan fingerprint density at radius 3 is 2.64 bits per heavy atom. The van der Waals surface area contributed by atoms with Gasteiger partial charge in [-0.1, -0.05) is 0 Å². The van der Waals surface area contributed by atoms with Crippen LogP contribution in [0.5, 0.6) is 0 Å². The lowest BCUT2D eigenvalue weighted by Gasteiger charge is -2.33. The number of anilines is 2. The van der Waals surface area contributed by atoms with E-state index < -0.39 is 17.6 Å². The molecule has 47 heavy (non-hydrogen) atoms. The van der Waals surface area contributed by atoms with Gasteiger partial charge in [0.25, 0.3) is 5.91 Å². The van der Waals surface area contributed by atoms with Crippen LogP contribution < -0.4 is 10.2 Å². The molecule has 1 atom stereocenters. The van der Waals surface area contributed by atoms with Crippen LogP contribution in [-0.4, -0.2) is 62.9 Å². The summed E-state index contributed by atoms with van der Waals surface area (Å²) in [5.74, 6) is 0.337. The van der Waals surface area contributed by atoms with Crippen molar-refractivity contribution in [1.82, 2.24) is 24.6 Å². The molecule has 240 valence electrons. The molecule has 14 heteroatoms. The zero-order valence-electron chi connectivity index (χ0n) is 25.7. The van der Waals surface area contributed by atoms with Gasteiger partial charge in [0.15, 0.2) is 5.82 Å². The molecule has 2 aromatic carbocycles. The third kappa shape index (κ3) is 6.38. The monoisotopic (exact) mass is 641 g/mol. The van der Waals surface area contributed by atoms with Crippen molar-refractivity contribution < 1.29 is 22.7 Å². The highest BCUT2D eigenvalue weighted by atomic mass is 19.4. The van der Waals surface area contributed by atoms with E-state index in [0.29, 0.717) is 59.2 Å². The summed E-state index contributed by atoms with van der Waals surface area (Å²) in [6.45, 7) is 3.64. The van der Waals surface area contributed by atoms with Crippen LogP contribution in [0.2, 0.25) is 0 Å². The average Bonchev–Trinajstić information content (AvgIpc) is 3.63. The zero-order valence-corrected chi connectivity index (χ0v) is 25.7. The zero-order chi connectivity index (χ0) is 33.3. The number of aryl methyl sites for hydroxylation is 1. The standard InChI is InChI=1S/C33H30F3N9O2/c1-20-18-47-9-8-44(20)16-22-11-26-27(28(12-22)33(34,35)36)17-45(32(26)46)30-14-23(13-29(41-30)39-7-3-6-37)25-10-21(15-38)4-5-24(25)31-42-40-19-43(31)2/h4-5,10-14,19-20H,3,7-9,16-18H2,1-2H3,(H,39,41)/t20-/m1/s1. The molecule has 2 aliphatic heterocycles. The highest BCUT2D eigenvalue weighted by Gasteiger charge is 2.41. The maximum absolute atomic E-state index is 14.5. The van der Waals surface area contributed by atoms with Gasteiger partial charge in [0.05, 0.1) is 49.4 Å². The van der Waals surface area contributed by atoms with Gasteiger partial charge < -0.3 is 14.6 Å². The van der Waals surface area contributed by atoms with Crippen LogP contribution in [-0.2, 0) is 31.1 Å². The summed E-state index contributed by atoms with van der Waals surface area (Å²) in [6, 6.07) is 15.3. The summed E-state index contributed by atoms with van der Waals surface area (Å²) in [7, 11) is 1.77. The summed E-state index contributed by atoms with van der Waals surface area (Å²) in [5, 5.41) is 30.0. The second-order valence-corrected chi connectivity index (χ2v) is 11.5. The van der Waals surface area contributed by atoms with E-state index in [-0.39, 0.29) is 49.0 Å². The fourth-order valence-electron chi connectivity index (χ4n) is 5.95. The number of benzene rings is 2. The minimum Gasteiger partial charge on any atom is -0.379 e. The van der Waals surface area contributed by atoms with Gasteiger partial charge in [-0.3, -0.25) is 14.6 Å². The van der Waals surface area contributed by atoms with Crippen molar-refractivity contribution in [2.75, 3.05) is 36.5 Å². The van der Waals surface area contributed by atoms with E-state index in [1.165, 1.54) is 11.2 Å². The molecule has 2 aromatic heterocycles. The first-order valence-electron chi connectivity index (χ1n) is 15.0. The topological polar surface area (TPSA) is 136 Å². The molecular formula is C33H30F3N9O2. The molecule has 4 aromatic rings. The quantitative estimate of drug-likeness (QED) is 0.259. The van der Waals surface area contributed by atoms with E-state index in [0.717, 1.165) is 6.07 Å². The number of nitriles is 2. The molecule has 1 fully saturated rings. The van der Waals surface area contributed by atoms with Crippen LogP contribution in [0, 0.1) is 22.7 Å². The SMILES string of the molecule is C[C@@H]1COCCN1Cc1cc2c(c(C(F)(F)F)c1)CN(c1cc(-c3cc(C#N)ccc3-c3nncn3C)cc(NCCC#N)n1)C2=O. The lowest BCUT2D eigenvalue weighted by atomic mass is 9.97. The third-order valence-electron chi connectivity index (χ3n) is 8.34. The molecule has 2 aliphatic rings. The number of ether oxygens (including phenoxy) is 1. The van der Waals surface area contributed by atoms with Gasteiger partial charge in [0, 0.05) is 43.9 Å². The minimum absolute atomic E-state index is 0.0170. The molecule has 1 saturated heterocycles. The number of rotatable bonds is 8. The van der Waals surface area contributed by atoms with E-state index in [1.807, 2.05) is 11.8 Å². The second-order valence-electron chi connectivity index (χ2n) is 11.5. The molecule has 11 nitrogen and oxygen atoms in total. The number of carbonyl (C=O) groups excluding carboxylic acids is 1. The van der Waals surface area contributed by atoms with E-state index in [1.54, 1.807) is 48.0 Å². The minimum atomic E-state index is -4.69. The number of morpholine rings is 1. The maximum atomic E-state index is 14.5. The van der Waals surface area contributed by atoms with E-state index in [4.69, 9.17) is 10.00 Å². The first-order valence-corrected chi connectivity index (χ1v) is 15.0. The molecule has 0 saturated carbocycles. The smallest absolute Gasteiger partial charge is 0.379 e. The van der Waals surface area contributed by atoms with Crippen molar-refractivity contribution in [3.63, 3.8) is 0 Å². The van der Waals surface area contributed by atoms with Crippen LogP contribution in [0.15, 0.2) is 48.8 Å². The van der Waals surface area contributed by atoms with Gasteiger partial charge in [-0.15, -0.1) is 10.2 Å². The van der Waals surface area contributed by atoms with E-state index in [9.17, 15) is 23.2 Å². The predicted octanol–water partition coefficient (Wildman–Crippen LogP) is 5.14. The number of nitrogens with zero attached hydrogens (tertiary/aromatic N) is 8. The Balaban J connectivity index is 1.45. The molecule has 0 unspecified atom stereocenters. The van der Waals surface area contributed by atoms with Gasteiger partial charge in [0.1, 0.15) is 18.0 Å². The number of fused-ring (bicyclic) bond motifs is 1. The van der Waals surface area contributed by atoms with Crippen LogP contribution in [0.1, 0.15) is 46.0 Å². The van der Waals surface area contributed by atoms with Crippen molar-refractivity contribution >= 4 is 17.5 Å².